The van der Waals surface area contributed by atoms with E-state index in [2.05, 4.69) is 9.73 Å². The number of esters is 1. The summed E-state index contributed by atoms with van der Waals surface area (Å²) in [6.07, 6.45) is 4.98. The van der Waals surface area contributed by atoms with Gasteiger partial charge in [-0.1, -0.05) is 11.8 Å². The Hall–Kier alpha value is -0.740. The van der Waals surface area contributed by atoms with Gasteiger partial charge in [0.05, 0.1) is 17.6 Å². The number of carbonyl (C=O) groups excluding carboxylic acids is 1. The number of halogens is 1. The topological polar surface area (TPSA) is 38.7 Å². The predicted molar refractivity (Wildman–Crippen MR) is 52.6 cm³/mol. The second-order valence-corrected chi connectivity index (χ2v) is 2.62. The van der Waals surface area contributed by atoms with E-state index in [-0.39, 0.29) is 18.4 Å². The van der Waals surface area contributed by atoms with Gasteiger partial charge in [0, 0.05) is 6.20 Å². The van der Waals surface area contributed by atoms with E-state index in [1.165, 1.54) is 18.9 Å². The Morgan fingerprint density at radius 1 is 1.67 bits per heavy atom. The summed E-state index contributed by atoms with van der Waals surface area (Å²) in [6, 6.07) is 0. The molecule has 0 N–H and O–H groups in total. The van der Waals surface area contributed by atoms with E-state index in [1.54, 1.807) is 23.9 Å². The summed E-state index contributed by atoms with van der Waals surface area (Å²) in [5.74, 6) is -0.326. The molecule has 12 heavy (non-hydrogen) atoms. The first-order valence-electron chi connectivity index (χ1n) is 2.98. The van der Waals surface area contributed by atoms with E-state index in [9.17, 15) is 4.79 Å². The molecule has 0 atom stereocenters. The van der Waals surface area contributed by atoms with Gasteiger partial charge in [-0.3, -0.25) is 4.99 Å². The minimum atomic E-state index is -0.326. The highest BCUT2D eigenvalue weighted by Gasteiger charge is 2.08. The lowest BCUT2D eigenvalue weighted by Gasteiger charge is -1.97. The molecule has 0 spiro atoms. The predicted octanol–water partition coefficient (Wildman–Crippen LogP) is 1.75. The molecule has 1 heterocycles. The number of allylic oxidation sites excluding steroid dienone is 2. The van der Waals surface area contributed by atoms with Crippen LogP contribution in [0.5, 0.6) is 0 Å². The highest BCUT2D eigenvalue weighted by atomic mass is 35.5. The van der Waals surface area contributed by atoms with Crippen LogP contribution in [-0.2, 0) is 9.53 Å². The number of aliphatic imine (C=N–C) groups is 1. The summed E-state index contributed by atoms with van der Waals surface area (Å²) in [6.45, 7) is 0. The van der Waals surface area contributed by atoms with Gasteiger partial charge >= 0.3 is 5.97 Å². The molecule has 1 aliphatic rings. The van der Waals surface area contributed by atoms with E-state index in [0.717, 1.165) is 0 Å². The van der Waals surface area contributed by atoms with E-state index < -0.39 is 0 Å². The summed E-state index contributed by atoms with van der Waals surface area (Å²) in [4.78, 5) is 15.3. The van der Waals surface area contributed by atoms with Crippen LogP contribution in [0.1, 0.15) is 0 Å². The fraction of sp³-hybridized carbons (Fsp3) is 0.143. The second kappa shape index (κ2) is 5.85. The quantitative estimate of drug-likeness (QED) is 0.613. The van der Waals surface area contributed by atoms with E-state index in [4.69, 9.17) is 0 Å². The summed E-state index contributed by atoms with van der Waals surface area (Å²) >= 11 is 1.25. The van der Waals surface area contributed by atoms with E-state index >= 15 is 0 Å². The van der Waals surface area contributed by atoms with Gasteiger partial charge in [-0.25, -0.2) is 4.79 Å². The van der Waals surface area contributed by atoms with Gasteiger partial charge in [0.1, 0.15) is 0 Å². The SMILES string of the molecule is COC(=O)C1=CC=CN=CS1.Cl. The first kappa shape index (κ1) is 11.3. The lowest BCUT2D eigenvalue weighted by Crippen LogP contribution is -2.00. The highest BCUT2D eigenvalue weighted by Crippen LogP contribution is 2.16. The zero-order valence-electron chi connectivity index (χ0n) is 6.39. The Morgan fingerprint density at radius 2 is 2.42 bits per heavy atom. The molecule has 5 heteroatoms. The Bertz CT molecular complexity index is 248. The van der Waals surface area contributed by atoms with Gasteiger partial charge in [-0.15, -0.1) is 12.4 Å². The highest BCUT2D eigenvalue weighted by molar-refractivity contribution is 8.16. The van der Waals surface area contributed by atoms with Crippen LogP contribution >= 0.6 is 24.2 Å². The minimum Gasteiger partial charge on any atom is -0.465 e. The van der Waals surface area contributed by atoms with Crippen molar-refractivity contribution in [2.75, 3.05) is 7.11 Å². The number of rotatable bonds is 1. The number of hydrogen-bond donors (Lipinski definition) is 0. The number of methoxy groups -OCH3 is 1. The summed E-state index contributed by atoms with van der Waals surface area (Å²) in [7, 11) is 1.36. The minimum absolute atomic E-state index is 0. The zero-order chi connectivity index (χ0) is 8.10. The Balaban J connectivity index is 0.00000121. The molecule has 1 rings (SSSR count). The Labute approximate surface area is 81.0 Å². The maximum atomic E-state index is 10.9. The number of nitrogens with zero attached hydrogens (tertiary/aromatic N) is 1. The number of ether oxygens (including phenoxy) is 1. The summed E-state index contributed by atoms with van der Waals surface area (Å²) in [5.41, 5.74) is 1.59. The molecule has 0 aliphatic carbocycles. The molecule has 0 radical (unpaired) electrons. The summed E-state index contributed by atoms with van der Waals surface area (Å²) in [5, 5.41) is 0. The Kier molecular flexibility index (Phi) is 5.49. The van der Waals surface area contributed by atoms with Crippen LogP contribution in [0.15, 0.2) is 28.2 Å². The van der Waals surface area contributed by atoms with Gasteiger partial charge in [-0.2, -0.15) is 0 Å². The van der Waals surface area contributed by atoms with Crippen LogP contribution in [0.4, 0.5) is 0 Å². The molecule has 0 amide bonds. The van der Waals surface area contributed by atoms with Crippen LogP contribution < -0.4 is 0 Å². The molecule has 0 bridgehead atoms. The zero-order valence-corrected chi connectivity index (χ0v) is 8.02. The molecular weight excluding hydrogens is 198 g/mol. The van der Waals surface area contributed by atoms with Gasteiger partial charge in [-0.05, 0) is 12.2 Å². The van der Waals surface area contributed by atoms with Gasteiger partial charge in [0.2, 0.25) is 0 Å². The average Bonchev–Trinajstić information content (AvgIpc) is 2.30. The maximum Gasteiger partial charge on any atom is 0.344 e. The molecule has 0 aromatic carbocycles. The van der Waals surface area contributed by atoms with Crippen LogP contribution in [0.3, 0.4) is 0 Å². The van der Waals surface area contributed by atoms with Crippen molar-refractivity contribution >= 4 is 35.7 Å². The Morgan fingerprint density at radius 3 is 3.08 bits per heavy atom. The van der Waals surface area contributed by atoms with Crippen molar-refractivity contribution in [2.24, 2.45) is 4.99 Å². The number of thioether (sulfide) groups is 1. The van der Waals surface area contributed by atoms with E-state index in [1.807, 2.05) is 0 Å². The normalized spacial score (nSPS) is 14.2. The summed E-state index contributed by atoms with van der Waals surface area (Å²) < 4.78 is 4.52. The van der Waals surface area contributed by atoms with Crippen LogP contribution in [0.2, 0.25) is 0 Å². The van der Waals surface area contributed by atoms with Crippen molar-refractivity contribution in [2.45, 2.75) is 0 Å². The molecule has 0 unspecified atom stereocenters. The first-order chi connectivity index (χ1) is 5.34. The molecule has 66 valence electrons. The molecule has 0 saturated carbocycles. The molecule has 3 nitrogen and oxygen atoms in total. The van der Waals surface area contributed by atoms with Gasteiger partial charge in [0.15, 0.2) is 0 Å². The standard InChI is InChI=1S/C7H7NO2S.ClH/c1-10-7(9)6-3-2-4-8-5-11-6;/h2-5H,1H3;1H. The van der Waals surface area contributed by atoms with Gasteiger partial charge < -0.3 is 4.74 Å². The maximum absolute atomic E-state index is 10.9. The molecule has 0 aromatic heterocycles. The van der Waals surface area contributed by atoms with Crippen molar-refractivity contribution in [3.8, 4) is 0 Å². The monoisotopic (exact) mass is 205 g/mol. The van der Waals surface area contributed by atoms with Crippen LogP contribution in [0, 0.1) is 0 Å². The van der Waals surface area contributed by atoms with E-state index in [0.29, 0.717) is 4.91 Å². The third-order valence-electron chi connectivity index (χ3n) is 1.05. The van der Waals surface area contributed by atoms with Crippen molar-refractivity contribution < 1.29 is 9.53 Å². The molecular formula is C7H8ClNO2S. The van der Waals surface area contributed by atoms with Crippen LogP contribution in [0.25, 0.3) is 0 Å². The fourth-order valence-corrected chi connectivity index (χ4v) is 1.14. The number of carbonyl (C=O) groups is 1. The molecule has 1 aliphatic heterocycles. The third kappa shape index (κ3) is 3.11. The van der Waals surface area contributed by atoms with Crippen molar-refractivity contribution in [3.63, 3.8) is 0 Å². The third-order valence-corrected chi connectivity index (χ3v) is 1.83. The average molecular weight is 206 g/mol. The number of hydrogen-bond acceptors (Lipinski definition) is 4. The van der Waals surface area contributed by atoms with Crippen LogP contribution in [-0.4, -0.2) is 18.6 Å². The lowest BCUT2D eigenvalue weighted by molar-refractivity contribution is -0.135. The van der Waals surface area contributed by atoms with Crippen molar-refractivity contribution in [3.05, 3.63) is 23.3 Å². The first-order valence-corrected chi connectivity index (χ1v) is 3.86. The second-order valence-electron chi connectivity index (χ2n) is 1.74. The largest absolute Gasteiger partial charge is 0.465 e. The molecule has 0 fully saturated rings. The van der Waals surface area contributed by atoms with Crippen molar-refractivity contribution in [1.82, 2.24) is 0 Å². The van der Waals surface area contributed by atoms with Gasteiger partial charge in [0.25, 0.3) is 0 Å². The smallest absolute Gasteiger partial charge is 0.344 e. The fourth-order valence-electron chi connectivity index (χ4n) is 0.558. The van der Waals surface area contributed by atoms with Crippen molar-refractivity contribution in [1.29, 1.82) is 0 Å². The molecule has 0 saturated heterocycles. The molecule has 0 aromatic rings. The lowest BCUT2D eigenvalue weighted by atomic mass is 10.5.